The molecule has 3 rings (SSSR count). The lowest BCUT2D eigenvalue weighted by Crippen LogP contribution is -2.28. The molecule has 1 saturated heterocycles. The summed E-state index contributed by atoms with van der Waals surface area (Å²) in [6.45, 7) is 1.62. The van der Waals surface area contributed by atoms with Gasteiger partial charge in [-0.3, -0.25) is 14.4 Å². The number of hydrogen-bond acceptors (Lipinski definition) is 4. The number of esters is 1. The summed E-state index contributed by atoms with van der Waals surface area (Å²) < 4.78 is 31.0. The number of halogens is 2. The zero-order valence-electron chi connectivity index (χ0n) is 15.8. The summed E-state index contributed by atoms with van der Waals surface area (Å²) in [5.74, 6) is -4.36. The number of nitrogens with one attached hydrogen (secondary N) is 1. The monoisotopic (exact) mass is 402 g/mol. The van der Waals surface area contributed by atoms with Gasteiger partial charge in [-0.2, -0.15) is 0 Å². The maximum absolute atomic E-state index is 13.2. The maximum atomic E-state index is 13.2. The van der Waals surface area contributed by atoms with Gasteiger partial charge in [0.2, 0.25) is 5.91 Å². The molecule has 0 aliphatic carbocycles. The van der Waals surface area contributed by atoms with Gasteiger partial charge in [-0.25, -0.2) is 8.78 Å². The van der Waals surface area contributed by atoms with Crippen LogP contribution in [0.5, 0.6) is 0 Å². The summed E-state index contributed by atoms with van der Waals surface area (Å²) in [5.41, 5.74) is 1.89. The number of ether oxygens (including phenoxy) is 1. The Kier molecular flexibility index (Phi) is 6.21. The molecule has 1 N–H and O–H groups in total. The molecule has 152 valence electrons. The highest BCUT2D eigenvalue weighted by Crippen LogP contribution is 2.26. The molecule has 2 amide bonds. The number of nitrogens with zero attached hydrogens (tertiary/aromatic N) is 1. The molecule has 1 atom stereocenters. The lowest BCUT2D eigenvalue weighted by Gasteiger charge is -2.17. The van der Waals surface area contributed by atoms with Crippen LogP contribution in [-0.2, 0) is 25.5 Å². The van der Waals surface area contributed by atoms with E-state index in [1.54, 1.807) is 0 Å². The third-order valence-electron chi connectivity index (χ3n) is 4.66. The molecule has 1 heterocycles. The quantitative estimate of drug-likeness (QED) is 0.754. The highest BCUT2D eigenvalue weighted by molar-refractivity contribution is 6.00. The van der Waals surface area contributed by atoms with Gasteiger partial charge in [0.1, 0.15) is 0 Å². The Labute approximate surface area is 166 Å². The van der Waals surface area contributed by atoms with Crippen molar-refractivity contribution in [2.75, 3.05) is 23.4 Å². The first-order valence-electron chi connectivity index (χ1n) is 9.18. The highest BCUT2D eigenvalue weighted by atomic mass is 19.2. The van der Waals surface area contributed by atoms with Gasteiger partial charge in [0.05, 0.1) is 5.92 Å². The molecular weight excluding hydrogens is 382 g/mol. The largest absolute Gasteiger partial charge is 0.455 e. The summed E-state index contributed by atoms with van der Waals surface area (Å²) in [7, 11) is 0. The van der Waals surface area contributed by atoms with E-state index in [1.807, 2.05) is 31.2 Å². The molecule has 0 spiro atoms. The molecular formula is C21H20F2N2O4. The highest BCUT2D eigenvalue weighted by Gasteiger charge is 2.36. The van der Waals surface area contributed by atoms with Crippen molar-refractivity contribution in [1.82, 2.24) is 0 Å². The minimum atomic E-state index is -1.10. The molecule has 0 radical (unpaired) electrons. The third kappa shape index (κ3) is 4.96. The fourth-order valence-electron chi connectivity index (χ4n) is 3.05. The fourth-order valence-corrected chi connectivity index (χ4v) is 3.05. The summed E-state index contributed by atoms with van der Waals surface area (Å²) in [6, 6.07) is 10.4. The number of aryl methyl sites for hydroxylation is 1. The van der Waals surface area contributed by atoms with Gasteiger partial charge < -0.3 is 15.0 Å². The molecule has 2 aromatic carbocycles. The van der Waals surface area contributed by atoms with Crippen LogP contribution in [0.3, 0.4) is 0 Å². The lowest BCUT2D eigenvalue weighted by atomic mass is 10.1. The van der Waals surface area contributed by atoms with E-state index in [1.165, 1.54) is 11.0 Å². The number of carbonyl (C=O) groups is 3. The maximum Gasteiger partial charge on any atom is 0.311 e. The summed E-state index contributed by atoms with van der Waals surface area (Å²) >= 11 is 0. The number of rotatable bonds is 6. The van der Waals surface area contributed by atoms with Crippen molar-refractivity contribution < 1.29 is 27.9 Å². The van der Waals surface area contributed by atoms with E-state index >= 15 is 0 Å². The van der Waals surface area contributed by atoms with E-state index in [-0.39, 0.29) is 24.6 Å². The Morgan fingerprint density at radius 2 is 1.86 bits per heavy atom. The van der Waals surface area contributed by atoms with Crippen LogP contribution in [-0.4, -0.2) is 30.9 Å². The van der Waals surface area contributed by atoms with Crippen molar-refractivity contribution in [2.45, 2.75) is 19.8 Å². The number of amides is 2. The second-order valence-electron chi connectivity index (χ2n) is 6.71. The summed E-state index contributed by atoms with van der Waals surface area (Å²) in [4.78, 5) is 37.9. The first kappa shape index (κ1) is 20.4. The van der Waals surface area contributed by atoms with Gasteiger partial charge in [-0.1, -0.05) is 19.1 Å². The van der Waals surface area contributed by atoms with E-state index in [0.717, 1.165) is 24.1 Å². The second kappa shape index (κ2) is 8.81. The number of anilines is 2. The van der Waals surface area contributed by atoms with Crippen molar-refractivity contribution in [3.8, 4) is 0 Å². The van der Waals surface area contributed by atoms with E-state index < -0.39 is 36.0 Å². The van der Waals surface area contributed by atoms with Crippen LogP contribution in [0, 0.1) is 17.6 Å². The summed E-state index contributed by atoms with van der Waals surface area (Å²) in [6.07, 6.45) is 0.884. The van der Waals surface area contributed by atoms with Crippen LogP contribution >= 0.6 is 0 Å². The topological polar surface area (TPSA) is 75.7 Å². The van der Waals surface area contributed by atoms with Gasteiger partial charge in [-0.15, -0.1) is 0 Å². The van der Waals surface area contributed by atoms with Gasteiger partial charge in [0.25, 0.3) is 5.91 Å². The summed E-state index contributed by atoms with van der Waals surface area (Å²) in [5, 5.41) is 2.31. The zero-order chi connectivity index (χ0) is 21.0. The van der Waals surface area contributed by atoms with Crippen molar-refractivity contribution in [1.29, 1.82) is 0 Å². The van der Waals surface area contributed by atoms with E-state index in [0.29, 0.717) is 5.69 Å². The molecule has 1 aliphatic rings. The molecule has 0 bridgehead atoms. The van der Waals surface area contributed by atoms with Gasteiger partial charge in [0.15, 0.2) is 18.2 Å². The van der Waals surface area contributed by atoms with Crippen molar-refractivity contribution >= 4 is 29.2 Å². The zero-order valence-corrected chi connectivity index (χ0v) is 15.8. The Bertz CT molecular complexity index is 931. The minimum Gasteiger partial charge on any atom is -0.455 e. The Morgan fingerprint density at radius 1 is 1.14 bits per heavy atom. The fraction of sp³-hybridized carbons (Fsp3) is 0.286. The number of carbonyl (C=O) groups excluding carboxylic acids is 3. The molecule has 6 nitrogen and oxygen atoms in total. The molecule has 1 unspecified atom stereocenters. The van der Waals surface area contributed by atoms with Crippen molar-refractivity contribution in [3.63, 3.8) is 0 Å². The van der Waals surface area contributed by atoms with Crippen LogP contribution in [0.4, 0.5) is 20.2 Å². The number of benzene rings is 2. The van der Waals surface area contributed by atoms with Gasteiger partial charge >= 0.3 is 5.97 Å². The first-order chi connectivity index (χ1) is 13.9. The smallest absolute Gasteiger partial charge is 0.311 e. The van der Waals surface area contributed by atoms with Crippen LogP contribution in [0.15, 0.2) is 42.5 Å². The Morgan fingerprint density at radius 3 is 2.52 bits per heavy atom. The predicted molar refractivity (Wildman–Crippen MR) is 102 cm³/mol. The first-order valence-corrected chi connectivity index (χ1v) is 9.18. The van der Waals surface area contributed by atoms with Crippen molar-refractivity contribution in [3.05, 3.63) is 59.7 Å². The molecule has 0 saturated carbocycles. The van der Waals surface area contributed by atoms with Gasteiger partial charge in [-0.05, 0) is 36.2 Å². The molecule has 2 aromatic rings. The lowest BCUT2D eigenvalue weighted by molar-refractivity contribution is -0.151. The van der Waals surface area contributed by atoms with Crippen LogP contribution < -0.4 is 10.2 Å². The molecule has 0 aromatic heterocycles. The van der Waals surface area contributed by atoms with E-state index in [4.69, 9.17) is 4.74 Å². The van der Waals surface area contributed by atoms with Crippen LogP contribution in [0.1, 0.15) is 18.9 Å². The normalized spacial score (nSPS) is 16.0. The van der Waals surface area contributed by atoms with Gasteiger partial charge in [0, 0.05) is 30.4 Å². The Hall–Kier alpha value is -3.29. The number of hydrogen-bond donors (Lipinski definition) is 1. The average molecular weight is 402 g/mol. The van der Waals surface area contributed by atoms with Crippen LogP contribution in [0.25, 0.3) is 0 Å². The molecule has 8 heteroatoms. The molecule has 1 fully saturated rings. The van der Waals surface area contributed by atoms with Crippen molar-refractivity contribution in [2.24, 2.45) is 5.92 Å². The van der Waals surface area contributed by atoms with E-state index in [2.05, 4.69) is 5.32 Å². The van der Waals surface area contributed by atoms with Crippen LogP contribution in [0.2, 0.25) is 0 Å². The van der Waals surface area contributed by atoms with E-state index in [9.17, 15) is 23.2 Å². The Balaban J connectivity index is 1.52. The SMILES string of the molecule is CCc1ccc(N2CC(C(=O)OCC(=O)Nc3ccc(F)c(F)c3)CC2=O)cc1. The molecule has 29 heavy (non-hydrogen) atoms. The minimum absolute atomic E-state index is 0.000838. The predicted octanol–water partition coefficient (Wildman–Crippen LogP) is 3.06. The average Bonchev–Trinajstić information content (AvgIpc) is 3.11. The third-order valence-corrected chi connectivity index (χ3v) is 4.66. The second-order valence-corrected chi connectivity index (χ2v) is 6.71. The molecule has 1 aliphatic heterocycles. The standard InChI is InChI=1S/C21H20F2N2O4/c1-2-13-3-6-16(7-4-13)25-11-14(9-20(25)27)21(28)29-12-19(26)24-15-5-8-17(22)18(23)10-15/h3-8,10,14H,2,9,11-12H2,1H3,(H,24,26).